The number of halogens is 1. The van der Waals surface area contributed by atoms with Gasteiger partial charge in [-0.15, -0.1) is 0 Å². The van der Waals surface area contributed by atoms with Crippen molar-refractivity contribution in [3.05, 3.63) is 24.0 Å². The molecule has 1 aromatic carbocycles. The summed E-state index contributed by atoms with van der Waals surface area (Å²) in [5, 5.41) is 2.15. The molecule has 6 nitrogen and oxygen atoms in total. The second kappa shape index (κ2) is 4.03. The summed E-state index contributed by atoms with van der Waals surface area (Å²) < 4.78 is 18.2. The lowest BCUT2D eigenvalue weighted by atomic mass is 10.0. The van der Waals surface area contributed by atoms with Crippen LogP contribution in [0.1, 0.15) is 12.8 Å². The molecule has 2 aliphatic rings. The fraction of sp³-hybridized carbons (Fsp3) is 0.308. The molecule has 0 bridgehead atoms. The zero-order chi connectivity index (χ0) is 14.5. The molecule has 0 atom stereocenters. The Morgan fingerprint density at radius 3 is 2.60 bits per heavy atom. The fourth-order valence-electron chi connectivity index (χ4n) is 2.30. The van der Waals surface area contributed by atoms with E-state index in [1.165, 1.54) is 13.2 Å². The number of urea groups is 1. The number of carbonyl (C=O) groups is 3. The number of benzene rings is 1. The van der Waals surface area contributed by atoms with E-state index in [0.717, 1.165) is 17.0 Å². The summed E-state index contributed by atoms with van der Waals surface area (Å²) in [5.74, 6) is -1.65. The number of ether oxygens (including phenoxy) is 1. The van der Waals surface area contributed by atoms with Gasteiger partial charge in [-0.25, -0.2) is 14.1 Å². The highest BCUT2D eigenvalue weighted by Gasteiger charge is 2.62. The lowest BCUT2D eigenvalue weighted by molar-refractivity contribution is -0.136. The Bertz CT molecular complexity index is 639. The summed E-state index contributed by atoms with van der Waals surface area (Å²) in [6.45, 7) is 0. The number of anilines is 1. The molecule has 1 heterocycles. The van der Waals surface area contributed by atoms with Crippen LogP contribution in [0.2, 0.25) is 0 Å². The van der Waals surface area contributed by atoms with Crippen molar-refractivity contribution in [2.75, 3.05) is 12.0 Å². The first kappa shape index (κ1) is 12.6. The molecular weight excluding hydrogens is 267 g/mol. The van der Waals surface area contributed by atoms with Gasteiger partial charge in [0.2, 0.25) is 5.91 Å². The predicted octanol–water partition coefficient (Wildman–Crippen LogP) is 1.20. The molecule has 104 valence electrons. The highest BCUT2D eigenvalue weighted by Crippen LogP contribution is 2.50. The molecule has 1 aliphatic carbocycles. The Morgan fingerprint density at radius 2 is 2.00 bits per heavy atom. The number of hydrogen-bond acceptors (Lipinski definition) is 4. The normalized spacial score (nSPS) is 20.1. The summed E-state index contributed by atoms with van der Waals surface area (Å²) in [7, 11) is 1.31. The van der Waals surface area contributed by atoms with Crippen LogP contribution >= 0.6 is 0 Å². The van der Waals surface area contributed by atoms with Gasteiger partial charge in [-0.1, -0.05) is 0 Å². The van der Waals surface area contributed by atoms with E-state index < -0.39 is 29.1 Å². The first-order valence-corrected chi connectivity index (χ1v) is 6.03. The summed E-state index contributed by atoms with van der Waals surface area (Å²) in [6, 6.07) is 2.63. The highest BCUT2D eigenvalue weighted by atomic mass is 19.1. The smallest absolute Gasteiger partial charge is 0.335 e. The minimum absolute atomic E-state index is 0.0543. The average molecular weight is 278 g/mol. The molecule has 0 aromatic heterocycles. The Morgan fingerprint density at radius 1 is 1.30 bits per heavy atom. The van der Waals surface area contributed by atoms with Crippen molar-refractivity contribution >= 4 is 23.5 Å². The zero-order valence-corrected chi connectivity index (χ0v) is 10.6. The van der Waals surface area contributed by atoms with Crippen LogP contribution in [0.5, 0.6) is 5.75 Å². The van der Waals surface area contributed by atoms with Gasteiger partial charge in [0.15, 0.2) is 0 Å². The second-order valence-corrected chi connectivity index (χ2v) is 4.80. The van der Waals surface area contributed by atoms with Crippen molar-refractivity contribution in [1.82, 2.24) is 5.32 Å². The van der Waals surface area contributed by atoms with Gasteiger partial charge in [-0.05, 0) is 25.0 Å². The minimum Gasteiger partial charge on any atom is -0.494 e. The van der Waals surface area contributed by atoms with E-state index in [1.807, 2.05) is 0 Å². The first-order chi connectivity index (χ1) is 9.49. The van der Waals surface area contributed by atoms with E-state index in [4.69, 9.17) is 4.74 Å². The van der Waals surface area contributed by atoms with E-state index >= 15 is 0 Å². The number of nitrogens with one attached hydrogen (secondary N) is 1. The third-order valence-electron chi connectivity index (χ3n) is 3.60. The van der Waals surface area contributed by atoms with Crippen LogP contribution in [-0.2, 0) is 9.59 Å². The second-order valence-electron chi connectivity index (χ2n) is 4.80. The molecule has 0 radical (unpaired) electrons. The molecule has 0 unspecified atom stereocenters. The van der Waals surface area contributed by atoms with Crippen molar-refractivity contribution in [3.63, 3.8) is 0 Å². The number of imide groups is 2. The largest absolute Gasteiger partial charge is 0.494 e. The third-order valence-corrected chi connectivity index (χ3v) is 3.60. The molecule has 1 aromatic rings. The summed E-state index contributed by atoms with van der Waals surface area (Å²) in [4.78, 5) is 36.8. The Labute approximate surface area is 113 Å². The van der Waals surface area contributed by atoms with Gasteiger partial charge >= 0.3 is 6.03 Å². The number of methoxy groups -OCH3 is 1. The molecule has 4 amide bonds. The molecule has 1 aliphatic heterocycles. The number of rotatable bonds is 2. The lowest BCUT2D eigenvalue weighted by Crippen LogP contribution is -2.59. The summed E-state index contributed by atoms with van der Waals surface area (Å²) in [6.07, 6.45) is 0.815. The van der Waals surface area contributed by atoms with Crippen LogP contribution in [0.25, 0.3) is 0 Å². The van der Waals surface area contributed by atoms with Crippen molar-refractivity contribution < 1.29 is 23.5 Å². The zero-order valence-electron chi connectivity index (χ0n) is 10.6. The topological polar surface area (TPSA) is 75.7 Å². The number of nitrogens with zero attached hydrogens (tertiary/aromatic N) is 1. The van der Waals surface area contributed by atoms with E-state index in [-0.39, 0.29) is 11.4 Å². The molecule has 1 saturated heterocycles. The van der Waals surface area contributed by atoms with Crippen molar-refractivity contribution in [2.45, 2.75) is 12.8 Å². The SMILES string of the molecule is COc1cc(F)ccc1N1C(=O)NC(=O)C2(CC2)C1=O. The van der Waals surface area contributed by atoms with E-state index in [1.54, 1.807) is 0 Å². The molecule has 20 heavy (non-hydrogen) atoms. The molecule has 1 saturated carbocycles. The summed E-state index contributed by atoms with van der Waals surface area (Å²) in [5.41, 5.74) is -1.02. The Hall–Kier alpha value is -2.44. The van der Waals surface area contributed by atoms with Crippen LogP contribution in [0.3, 0.4) is 0 Å². The maximum absolute atomic E-state index is 13.2. The van der Waals surface area contributed by atoms with Gasteiger partial charge in [0.05, 0.1) is 12.8 Å². The van der Waals surface area contributed by atoms with Crippen LogP contribution < -0.4 is 15.0 Å². The fourth-order valence-corrected chi connectivity index (χ4v) is 2.30. The standard InChI is InChI=1S/C13H11FN2O4/c1-20-9-6-7(14)2-3-8(9)16-11(18)13(4-5-13)10(17)15-12(16)19/h2-3,6H,4-5H2,1H3,(H,15,17,19). The monoisotopic (exact) mass is 278 g/mol. The number of hydrogen-bond donors (Lipinski definition) is 1. The predicted molar refractivity (Wildman–Crippen MR) is 65.6 cm³/mol. The van der Waals surface area contributed by atoms with E-state index in [2.05, 4.69) is 5.32 Å². The van der Waals surface area contributed by atoms with E-state index in [9.17, 15) is 18.8 Å². The Balaban J connectivity index is 2.07. The molecular formula is C13H11FN2O4. The van der Waals surface area contributed by atoms with Gasteiger partial charge in [0.1, 0.15) is 17.0 Å². The maximum Gasteiger partial charge on any atom is 0.335 e. The van der Waals surface area contributed by atoms with Gasteiger partial charge in [0.25, 0.3) is 5.91 Å². The first-order valence-electron chi connectivity index (χ1n) is 6.03. The minimum atomic E-state index is -1.15. The van der Waals surface area contributed by atoms with Crippen LogP contribution in [0.15, 0.2) is 18.2 Å². The van der Waals surface area contributed by atoms with E-state index in [0.29, 0.717) is 12.8 Å². The van der Waals surface area contributed by atoms with Crippen molar-refractivity contribution in [1.29, 1.82) is 0 Å². The van der Waals surface area contributed by atoms with Crippen molar-refractivity contribution in [2.24, 2.45) is 5.41 Å². The molecule has 3 rings (SSSR count). The number of amides is 4. The van der Waals surface area contributed by atoms with Gasteiger partial charge in [0, 0.05) is 6.07 Å². The van der Waals surface area contributed by atoms with Gasteiger partial charge in [-0.2, -0.15) is 0 Å². The number of barbiturate groups is 1. The highest BCUT2D eigenvalue weighted by molar-refractivity contribution is 6.31. The van der Waals surface area contributed by atoms with Crippen LogP contribution in [-0.4, -0.2) is 25.0 Å². The third kappa shape index (κ3) is 1.59. The quantitative estimate of drug-likeness (QED) is 0.825. The lowest BCUT2D eigenvalue weighted by Gasteiger charge is -2.30. The van der Waals surface area contributed by atoms with Crippen molar-refractivity contribution in [3.8, 4) is 5.75 Å². The average Bonchev–Trinajstić information content (AvgIpc) is 3.20. The number of carbonyl (C=O) groups excluding carboxylic acids is 3. The summed E-state index contributed by atoms with van der Waals surface area (Å²) >= 11 is 0. The van der Waals surface area contributed by atoms with Gasteiger partial charge < -0.3 is 4.74 Å². The van der Waals surface area contributed by atoms with Gasteiger partial charge in [-0.3, -0.25) is 14.9 Å². The van der Waals surface area contributed by atoms with Crippen LogP contribution in [0.4, 0.5) is 14.9 Å². The Kier molecular flexibility index (Phi) is 2.53. The molecule has 2 fully saturated rings. The molecule has 1 spiro atoms. The molecule has 7 heteroatoms. The molecule has 1 N–H and O–H groups in total. The van der Waals surface area contributed by atoms with Crippen LogP contribution in [0, 0.1) is 11.2 Å². The maximum atomic E-state index is 13.2.